The number of hydrogen-bond donors (Lipinski definition) is 2. The second kappa shape index (κ2) is 6.84. The van der Waals surface area contributed by atoms with Crippen molar-refractivity contribution in [1.29, 1.82) is 0 Å². The number of rotatable bonds is 7. The highest BCUT2D eigenvalue weighted by Gasteiger charge is 2.62. The van der Waals surface area contributed by atoms with Gasteiger partial charge in [-0.05, 0) is 47.8 Å². The second-order valence-electron chi connectivity index (χ2n) is 6.34. The number of nitrogens with zero attached hydrogens (tertiary/aromatic N) is 1. The molecule has 7 nitrogen and oxygen atoms in total. The summed E-state index contributed by atoms with van der Waals surface area (Å²) in [6.45, 7) is 3.96. The Balaban J connectivity index is 1.54. The fraction of sp³-hybridized carbons (Fsp3) is 0.600. The lowest BCUT2D eigenvalue weighted by Crippen LogP contribution is -2.38. The summed E-state index contributed by atoms with van der Waals surface area (Å²) in [4.78, 5) is 16.6. The molecule has 1 amide bonds. The lowest BCUT2D eigenvalue weighted by Gasteiger charge is -2.18. The number of carbonyl (C=O) groups is 1. The minimum absolute atomic E-state index is 0.114. The maximum atomic E-state index is 12.4. The van der Waals surface area contributed by atoms with Crippen molar-refractivity contribution in [3.8, 4) is 0 Å². The molecule has 9 heteroatoms. The molecule has 1 saturated heterocycles. The van der Waals surface area contributed by atoms with Crippen LogP contribution in [0.1, 0.15) is 19.8 Å². The highest BCUT2D eigenvalue weighted by atomic mass is 79.9. The van der Waals surface area contributed by atoms with E-state index in [-0.39, 0.29) is 23.4 Å². The van der Waals surface area contributed by atoms with Crippen LogP contribution in [0.5, 0.6) is 0 Å². The Labute approximate surface area is 149 Å². The number of pyridine rings is 1. The van der Waals surface area contributed by atoms with Gasteiger partial charge in [-0.3, -0.25) is 9.36 Å². The third-order valence-corrected chi connectivity index (χ3v) is 6.20. The predicted octanol–water partition coefficient (Wildman–Crippen LogP) is 2.78. The summed E-state index contributed by atoms with van der Waals surface area (Å²) in [6, 6.07) is 5.29. The molecule has 0 aromatic carbocycles. The van der Waals surface area contributed by atoms with E-state index in [1.165, 1.54) is 6.66 Å². The van der Waals surface area contributed by atoms with E-state index in [9.17, 15) is 9.36 Å². The highest BCUT2D eigenvalue weighted by Crippen LogP contribution is 2.57. The summed E-state index contributed by atoms with van der Waals surface area (Å²) < 4.78 is 23.4. The monoisotopic (exact) mass is 417 g/mol. The average molecular weight is 418 g/mol. The molecule has 3 unspecified atom stereocenters. The number of piperidine rings is 1. The lowest BCUT2D eigenvalue weighted by atomic mass is 10.0. The molecular formula is C15H21BrN3O4P. The number of hydrogen-bond acceptors (Lipinski definition) is 6. The Morgan fingerprint density at radius 3 is 3.00 bits per heavy atom. The van der Waals surface area contributed by atoms with Crippen LogP contribution in [0.2, 0.25) is 0 Å². The number of fused-ring (bicyclic) bond motifs is 1. The van der Waals surface area contributed by atoms with Crippen molar-refractivity contribution in [2.24, 2.45) is 5.41 Å². The van der Waals surface area contributed by atoms with E-state index >= 15 is 0 Å². The van der Waals surface area contributed by atoms with Crippen molar-refractivity contribution in [1.82, 2.24) is 10.3 Å². The molecule has 2 heterocycles. The van der Waals surface area contributed by atoms with Gasteiger partial charge in [-0.15, -0.1) is 0 Å². The molecule has 24 heavy (non-hydrogen) atoms. The number of aromatic nitrogens is 1. The van der Waals surface area contributed by atoms with Gasteiger partial charge in [-0.25, -0.2) is 4.98 Å². The van der Waals surface area contributed by atoms with Crippen LogP contribution in [0.15, 0.2) is 22.8 Å². The highest BCUT2D eigenvalue weighted by molar-refractivity contribution is 9.10. The van der Waals surface area contributed by atoms with E-state index in [4.69, 9.17) is 9.05 Å². The largest absolute Gasteiger partial charge is 0.327 e. The third-order valence-electron chi connectivity index (χ3n) is 4.44. The van der Waals surface area contributed by atoms with E-state index in [0.29, 0.717) is 30.1 Å². The smallest absolute Gasteiger partial charge is 0.309 e. The quantitative estimate of drug-likeness (QED) is 0.523. The van der Waals surface area contributed by atoms with E-state index < -0.39 is 7.60 Å². The predicted molar refractivity (Wildman–Crippen MR) is 94.1 cm³/mol. The Morgan fingerprint density at radius 2 is 2.29 bits per heavy atom. The first-order valence-corrected chi connectivity index (χ1v) is 10.7. The summed E-state index contributed by atoms with van der Waals surface area (Å²) in [5.74, 6) is 0.396. The molecule has 132 valence electrons. The fourth-order valence-electron chi connectivity index (χ4n) is 3.11. The summed E-state index contributed by atoms with van der Waals surface area (Å²) in [7, 11) is -3.01. The van der Waals surface area contributed by atoms with Crippen LogP contribution in [0.4, 0.5) is 5.82 Å². The van der Waals surface area contributed by atoms with E-state index in [2.05, 4.69) is 31.5 Å². The first kappa shape index (κ1) is 18.0. The van der Waals surface area contributed by atoms with Gasteiger partial charge in [0.25, 0.3) is 0 Å². The van der Waals surface area contributed by atoms with E-state index in [1.807, 2.05) is 6.07 Å². The Hall–Kier alpha value is -0.790. The van der Waals surface area contributed by atoms with Crippen LogP contribution in [0.3, 0.4) is 0 Å². The lowest BCUT2D eigenvalue weighted by molar-refractivity contribution is -0.118. The molecule has 1 aliphatic heterocycles. The second-order valence-corrected chi connectivity index (χ2v) is 9.21. The van der Waals surface area contributed by atoms with Gasteiger partial charge in [0.15, 0.2) is 0 Å². The maximum Gasteiger partial charge on any atom is 0.327 e. The maximum absolute atomic E-state index is 12.4. The molecule has 1 aliphatic carbocycles. The molecule has 0 spiro atoms. The molecule has 2 aliphatic rings. The van der Waals surface area contributed by atoms with Gasteiger partial charge >= 0.3 is 7.60 Å². The Bertz CT molecular complexity index is 688. The summed E-state index contributed by atoms with van der Waals surface area (Å²) >= 11 is 3.28. The number of halogens is 1. The molecule has 1 aromatic heterocycles. The summed E-state index contributed by atoms with van der Waals surface area (Å²) in [6.07, 6.45) is 1.58. The Morgan fingerprint density at radius 1 is 1.50 bits per heavy atom. The number of carbonyl (C=O) groups excluding carboxylic acids is 1. The topological polar surface area (TPSA) is 89.5 Å². The van der Waals surface area contributed by atoms with Gasteiger partial charge in [0.05, 0.1) is 19.3 Å². The van der Waals surface area contributed by atoms with Crippen LogP contribution in [-0.2, 0) is 18.4 Å². The molecule has 2 fully saturated rings. The molecule has 2 N–H and O–H groups in total. The van der Waals surface area contributed by atoms with Gasteiger partial charge in [-0.1, -0.05) is 6.07 Å². The average Bonchev–Trinajstić information content (AvgIpc) is 3.06. The minimum atomic E-state index is -3.01. The first-order chi connectivity index (χ1) is 11.3. The summed E-state index contributed by atoms with van der Waals surface area (Å²) in [5, 5.41) is 6.12. The van der Waals surface area contributed by atoms with Crippen molar-refractivity contribution < 1.29 is 18.4 Å². The van der Waals surface area contributed by atoms with Crippen molar-refractivity contribution in [3.63, 3.8) is 0 Å². The standard InChI is InChI=1S/C15H21BrN3O4P/c1-3-22-24(2,21)23-9-15-7-10(17-11(15)8-15)14(20)19-13-6-4-5-12(16)18-13/h4-6,10-11,17H,3,7-9H2,1-2H3,(H,18,19,20)/t10-,11?,15?,24?/m0/s1. The molecule has 1 saturated carbocycles. The van der Waals surface area contributed by atoms with Crippen LogP contribution < -0.4 is 10.6 Å². The molecule has 1 aromatic rings. The zero-order valence-electron chi connectivity index (χ0n) is 13.6. The molecule has 0 bridgehead atoms. The number of anilines is 1. The van der Waals surface area contributed by atoms with Crippen LogP contribution >= 0.6 is 23.5 Å². The van der Waals surface area contributed by atoms with Crippen LogP contribution in [0.25, 0.3) is 0 Å². The zero-order chi connectivity index (χ0) is 17.4. The van der Waals surface area contributed by atoms with Crippen LogP contribution in [-0.4, -0.2) is 42.9 Å². The third kappa shape index (κ3) is 4.06. The van der Waals surface area contributed by atoms with Crippen molar-refractivity contribution in [2.75, 3.05) is 25.2 Å². The molecule has 3 rings (SSSR count). The molecular weight excluding hydrogens is 397 g/mol. The van der Waals surface area contributed by atoms with E-state index in [0.717, 1.165) is 6.42 Å². The fourth-order valence-corrected chi connectivity index (χ4v) is 4.49. The van der Waals surface area contributed by atoms with Crippen molar-refractivity contribution in [3.05, 3.63) is 22.8 Å². The molecule has 0 radical (unpaired) electrons. The SMILES string of the molecule is CCOP(C)(=O)OCC12CC1N[C@H](C(=O)Nc1cccc(Br)n1)C2. The van der Waals surface area contributed by atoms with E-state index in [1.54, 1.807) is 19.1 Å². The van der Waals surface area contributed by atoms with Gasteiger partial charge in [0.2, 0.25) is 5.91 Å². The summed E-state index contributed by atoms with van der Waals surface area (Å²) in [5.41, 5.74) is -0.116. The molecule has 4 atom stereocenters. The van der Waals surface area contributed by atoms with Gasteiger partial charge < -0.3 is 19.7 Å². The minimum Gasteiger partial charge on any atom is -0.309 e. The van der Waals surface area contributed by atoms with Crippen molar-refractivity contribution >= 4 is 35.3 Å². The first-order valence-electron chi connectivity index (χ1n) is 7.90. The van der Waals surface area contributed by atoms with Crippen LogP contribution in [0, 0.1) is 5.41 Å². The van der Waals surface area contributed by atoms with Gasteiger partial charge in [0.1, 0.15) is 10.4 Å². The number of amides is 1. The number of nitrogens with one attached hydrogen (secondary N) is 2. The van der Waals surface area contributed by atoms with Gasteiger partial charge in [0, 0.05) is 18.1 Å². The van der Waals surface area contributed by atoms with Crippen molar-refractivity contribution in [2.45, 2.75) is 31.8 Å². The zero-order valence-corrected chi connectivity index (χ0v) is 16.1. The van der Waals surface area contributed by atoms with Gasteiger partial charge in [-0.2, -0.15) is 0 Å². The Kier molecular flexibility index (Phi) is 5.14. The normalized spacial score (nSPS) is 30.5.